The van der Waals surface area contributed by atoms with Crippen molar-refractivity contribution < 1.29 is 13.2 Å². The molecule has 0 aliphatic carbocycles. The molecule has 0 aliphatic heterocycles. The zero-order valence-corrected chi connectivity index (χ0v) is 12.1. The molecule has 0 N–H and O–H groups in total. The van der Waals surface area contributed by atoms with Gasteiger partial charge in [0.25, 0.3) is 0 Å². The van der Waals surface area contributed by atoms with E-state index in [9.17, 15) is 8.42 Å². The third kappa shape index (κ3) is 5.01. The van der Waals surface area contributed by atoms with E-state index < -0.39 is 9.84 Å². The van der Waals surface area contributed by atoms with Crippen molar-refractivity contribution in [1.29, 1.82) is 5.26 Å². The molecule has 0 spiro atoms. The number of rotatable bonds is 7. The van der Waals surface area contributed by atoms with Gasteiger partial charge < -0.3 is 4.74 Å². The predicted molar refractivity (Wildman–Crippen MR) is 73.5 cm³/mol. The molecule has 1 aromatic rings. The Labute approximate surface area is 114 Å². The Hall–Kier alpha value is -1.38. The lowest BCUT2D eigenvalue weighted by Crippen LogP contribution is -2.17. The lowest BCUT2D eigenvalue weighted by atomic mass is 10.2. The molecule has 1 unspecified atom stereocenters. The van der Waals surface area contributed by atoms with Crippen LogP contribution in [0.1, 0.15) is 32.3 Å². The SMILES string of the molecule is CCCC(C)OCCS(=O)(=O)c1cccc(C#N)c1. The van der Waals surface area contributed by atoms with Crippen molar-refractivity contribution in [2.75, 3.05) is 12.4 Å². The van der Waals surface area contributed by atoms with Crippen LogP contribution in [0.2, 0.25) is 0 Å². The summed E-state index contributed by atoms with van der Waals surface area (Å²) in [5, 5.41) is 8.77. The fourth-order valence-corrected chi connectivity index (χ4v) is 2.87. The van der Waals surface area contributed by atoms with Crippen molar-refractivity contribution in [3.63, 3.8) is 0 Å². The second kappa shape index (κ2) is 7.27. The maximum absolute atomic E-state index is 12.1. The standard InChI is InChI=1S/C14H19NO3S/c1-3-5-12(2)18-8-9-19(16,17)14-7-4-6-13(10-14)11-15/h4,6-7,10,12H,3,5,8-9H2,1-2H3. The molecule has 0 aromatic heterocycles. The van der Waals surface area contributed by atoms with Crippen molar-refractivity contribution in [2.45, 2.75) is 37.7 Å². The number of sulfone groups is 1. The van der Waals surface area contributed by atoms with Crippen molar-refractivity contribution in [3.05, 3.63) is 29.8 Å². The summed E-state index contributed by atoms with van der Waals surface area (Å²) in [6.07, 6.45) is 2.01. The second-order valence-electron chi connectivity index (χ2n) is 4.43. The first-order valence-electron chi connectivity index (χ1n) is 6.34. The highest BCUT2D eigenvalue weighted by molar-refractivity contribution is 7.91. The number of nitriles is 1. The average Bonchev–Trinajstić information content (AvgIpc) is 2.39. The minimum absolute atomic E-state index is 0.0596. The summed E-state index contributed by atoms with van der Waals surface area (Å²) in [4.78, 5) is 0.179. The van der Waals surface area contributed by atoms with E-state index in [1.54, 1.807) is 12.1 Å². The topological polar surface area (TPSA) is 67.2 Å². The van der Waals surface area contributed by atoms with Gasteiger partial charge in [0.2, 0.25) is 0 Å². The van der Waals surface area contributed by atoms with Gasteiger partial charge in [0.15, 0.2) is 9.84 Å². The molecule has 0 saturated carbocycles. The molecule has 0 aliphatic rings. The van der Waals surface area contributed by atoms with Crippen LogP contribution in [0.25, 0.3) is 0 Å². The summed E-state index contributed by atoms with van der Waals surface area (Å²) in [5.41, 5.74) is 0.348. The summed E-state index contributed by atoms with van der Waals surface area (Å²) < 4.78 is 29.6. The molecule has 5 heteroatoms. The quantitative estimate of drug-likeness (QED) is 0.770. The summed E-state index contributed by atoms with van der Waals surface area (Å²) in [6, 6.07) is 7.99. The molecule has 1 aromatic carbocycles. The van der Waals surface area contributed by atoms with Crippen LogP contribution in [0.3, 0.4) is 0 Å². The molecule has 0 saturated heterocycles. The highest BCUT2D eigenvalue weighted by Gasteiger charge is 2.15. The van der Waals surface area contributed by atoms with Gasteiger partial charge in [0.05, 0.1) is 35.0 Å². The molecular weight excluding hydrogens is 262 g/mol. The van der Waals surface area contributed by atoms with E-state index in [1.807, 2.05) is 13.0 Å². The second-order valence-corrected chi connectivity index (χ2v) is 6.54. The zero-order valence-electron chi connectivity index (χ0n) is 11.3. The maximum Gasteiger partial charge on any atom is 0.180 e. The van der Waals surface area contributed by atoms with Gasteiger partial charge in [-0.2, -0.15) is 5.26 Å². The first-order valence-corrected chi connectivity index (χ1v) is 7.99. The van der Waals surface area contributed by atoms with Gasteiger partial charge in [-0.25, -0.2) is 8.42 Å². The van der Waals surface area contributed by atoms with Crippen molar-refractivity contribution >= 4 is 9.84 Å². The van der Waals surface area contributed by atoms with Crippen LogP contribution in [0, 0.1) is 11.3 Å². The molecule has 1 atom stereocenters. The highest BCUT2D eigenvalue weighted by atomic mass is 32.2. The van der Waals surface area contributed by atoms with Crippen LogP contribution >= 0.6 is 0 Å². The molecule has 1 rings (SSSR count). The van der Waals surface area contributed by atoms with E-state index in [-0.39, 0.29) is 23.4 Å². The van der Waals surface area contributed by atoms with Crippen LogP contribution in [0.15, 0.2) is 29.2 Å². The van der Waals surface area contributed by atoms with Crippen molar-refractivity contribution in [3.8, 4) is 6.07 Å². The third-order valence-electron chi connectivity index (χ3n) is 2.77. The van der Waals surface area contributed by atoms with Crippen molar-refractivity contribution in [2.24, 2.45) is 0 Å². The zero-order chi connectivity index (χ0) is 14.3. The van der Waals surface area contributed by atoms with Crippen LogP contribution in [-0.4, -0.2) is 26.9 Å². The monoisotopic (exact) mass is 281 g/mol. The minimum Gasteiger partial charge on any atom is -0.377 e. The van der Waals surface area contributed by atoms with Crippen LogP contribution < -0.4 is 0 Å². The molecule has 0 fully saturated rings. The van der Waals surface area contributed by atoms with Crippen LogP contribution in [0.5, 0.6) is 0 Å². The number of nitrogens with zero attached hydrogens (tertiary/aromatic N) is 1. The molecule has 0 radical (unpaired) electrons. The maximum atomic E-state index is 12.1. The summed E-state index contributed by atoms with van der Waals surface area (Å²) in [5.74, 6) is -0.0596. The van der Waals surface area contributed by atoms with E-state index in [0.717, 1.165) is 12.8 Å². The summed E-state index contributed by atoms with van der Waals surface area (Å²) in [7, 11) is -3.38. The van der Waals surface area contributed by atoms with Gasteiger partial charge in [0.1, 0.15) is 0 Å². The smallest absolute Gasteiger partial charge is 0.180 e. The average molecular weight is 281 g/mol. The number of benzene rings is 1. The minimum atomic E-state index is -3.38. The molecule has 0 bridgehead atoms. The Kier molecular flexibility index (Phi) is 6.00. The summed E-state index contributed by atoms with van der Waals surface area (Å²) in [6.45, 7) is 4.18. The van der Waals surface area contributed by atoms with E-state index in [0.29, 0.717) is 5.56 Å². The molecular formula is C14H19NO3S. The van der Waals surface area contributed by atoms with E-state index >= 15 is 0 Å². The Morgan fingerprint density at radius 3 is 2.79 bits per heavy atom. The lowest BCUT2D eigenvalue weighted by Gasteiger charge is -2.12. The molecule has 0 amide bonds. The molecule has 19 heavy (non-hydrogen) atoms. The Balaban J connectivity index is 2.63. The fourth-order valence-electron chi connectivity index (χ4n) is 1.73. The summed E-state index contributed by atoms with van der Waals surface area (Å²) >= 11 is 0. The van der Waals surface area contributed by atoms with E-state index in [2.05, 4.69) is 6.92 Å². The Bertz CT molecular complexity index is 546. The molecule has 4 nitrogen and oxygen atoms in total. The predicted octanol–water partition coefficient (Wildman–Crippen LogP) is 2.54. The van der Waals surface area contributed by atoms with Gasteiger partial charge in [-0.1, -0.05) is 19.4 Å². The van der Waals surface area contributed by atoms with Gasteiger partial charge in [0, 0.05) is 0 Å². The molecule has 104 valence electrons. The van der Waals surface area contributed by atoms with Gasteiger partial charge in [-0.15, -0.1) is 0 Å². The van der Waals surface area contributed by atoms with Gasteiger partial charge in [-0.05, 0) is 31.5 Å². The first-order chi connectivity index (χ1) is 8.99. The van der Waals surface area contributed by atoms with Crippen LogP contribution in [0.4, 0.5) is 0 Å². The third-order valence-corrected chi connectivity index (χ3v) is 4.45. The highest BCUT2D eigenvalue weighted by Crippen LogP contribution is 2.13. The van der Waals surface area contributed by atoms with Crippen molar-refractivity contribution in [1.82, 2.24) is 0 Å². The van der Waals surface area contributed by atoms with E-state index in [1.165, 1.54) is 12.1 Å². The first kappa shape index (κ1) is 15.7. The van der Waals surface area contributed by atoms with Gasteiger partial charge >= 0.3 is 0 Å². The van der Waals surface area contributed by atoms with Crippen LogP contribution in [-0.2, 0) is 14.6 Å². The fraction of sp³-hybridized carbons (Fsp3) is 0.500. The Morgan fingerprint density at radius 2 is 2.16 bits per heavy atom. The molecule has 0 heterocycles. The van der Waals surface area contributed by atoms with E-state index in [4.69, 9.17) is 10.00 Å². The number of ether oxygens (including phenoxy) is 1. The van der Waals surface area contributed by atoms with Gasteiger partial charge in [-0.3, -0.25) is 0 Å². The largest absolute Gasteiger partial charge is 0.377 e. The normalized spacial score (nSPS) is 12.9. The number of hydrogen-bond acceptors (Lipinski definition) is 4. The Morgan fingerprint density at radius 1 is 1.42 bits per heavy atom. The number of hydrogen-bond donors (Lipinski definition) is 0. The lowest BCUT2D eigenvalue weighted by molar-refractivity contribution is 0.0711.